The SMILES string of the molecule is C#CCCCCN(C(=O)[C@@H](NC(=O)[C@H]1CCCCN1C)[C@@H](C)CC)[C@H](C[C@@H](OC(C)=O)c1nc(C(=O)N[C@@H](Cc2ccc(NC(=O)OCc3ccc(CC(=O)[C@H](CCCNC(N)=O)NC(=O)[C@@H](CC(=O)CCOCCOCCOCCOCCCC(=O)CCC(=O)N4Cc5ccccc5C#Cc5ccccc54)C(C)C)cc3)cc2)CC(C)(C)C(=O)O)cs1)C(C)C. The number of rotatable bonds is 56. The van der Waals surface area contributed by atoms with Crippen LogP contribution in [0.4, 0.5) is 21.0 Å². The minimum atomic E-state index is -1.29. The van der Waals surface area contributed by atoms with E-state index in [1.54, 1.807) is 77.6 Å². The number of carboxylic acids is 1. The number of ketones is 3. The fourth-order valence-corrected chi connectivity index (χ4v) is 15.9. The first-order chi connectivity index (χ1) is 60.3. The molecule has 5 aromatic rings. The standard InChI is InChI=1S/C96H130N10O19S/c1-12-14-15-21-47-105(92(115)87(66(7)13-2)103-90(114)82-31-20-22-46-104(82)11)83(65(5)6)59-85(125-67(8)107)91-102-80(63-126-91)89(113)99-75(60-96(9,10)93(116)117)56-68-36-40-74(41-37-68)100-95(119)124-62-70-34-32-69(33-35-70)57-84(110)79(29-23-45-98-94(97)118)101-88(112)78(64(3)4)58-77(109)44-49-121-51-53-123-55-54-122-52-50-120-48-24-28-76(108)42-43-86(111)106-61-73-27-17-16-25-71(73)38-39-72-26-18-19-30-81(72)106/h1,16-19,25-27,30,32-37,40-41,63-66,75,78-79,82-83,85,87H,13-15,20-24,28-29,31,42-62H2,2-11H3,(H,99,113)(H,100,119)(H,101,112)(H,103,114)(H,116,117)(H3,97,98,118)/t66-,75-,78-,79-,82+,83+,85+,87-/m0/s1. The number of carboxylic acid groups (broad SMARTS) is 1. The number of urea groups is 1. The number of esters is 1. The van der Waals surface area contributed by atoms with Crippen LogP contribution in [0, 0.1) is 53.3 Å². The molecule has 0 bridgehead atoms. The van der Waals surface area contributed by atoms with Crippen LogP contribution in [0.5, 0.6) is 0 Å². The predicted octanol–water partition coefficient (Wildman–Crippen LogP) is 12.2. The van der Waals surface area contributed by atoms with Crippen molar-refractivity contribution in [3.8, 4) is 24.2 Å². The van der Waals surface area contributed by atoms with Gasteiger partial charge in [0.25, 0.3) is 5.91 Å². The quantitative estimate of drug-likeness (QED) is 0.0108. The van der Waals surface area contributed by atoms with Gasteiger partial charge in [-0.1, -0.05) is 133 Å². The maximum atomic E-state index is 15.1. The van der Waals surface area contributed by atoms with Gasteiger partial charge >= 0.3 is 24.1 Å². The van der Waals surface area contributed by atoms with E-state index in [2.05, 4.69) is 44.3 Å². The summed E-state index contributed by atoms with van der Waals surface area (Å²) in [5.41, 5.74) is 9.62. The van der Waals surface area contributed by atoms with Crippen molar-refractivity contribution in [2.75, 3.05) is 89.8 Å². The molecular weight excluding hydrogens is 1630 g/mol. The summed E-state index contributed by atoms with van der Waals surface area (Å²) < 4.78 is 34.1. The van der Waals surface area contributed by atoms with Crippen LogP contribution in [-0.2, 0) is 97.6 Å². The van der Waals surface area contributed by atoms with Crippen molar-refractivity contribution in [2.45, 2.75) is 234 Å². The molecule has 8 amide bonds. The lowest BCUT2D eigenvalue weighted by Crippen LogP contribution is -2.59. The lowest BCUT2D eigenvalue weighted by atomic mass is 9.84. The van der Waals surface area contributed by atoms with E-state index in [9.17, 15) is 57.8 Å². The fourth-order valence-electron chi connectivity index (χ4n) is 15.0. The van der Waals surface area contributed by atoms with E-state index >= 15 is 4.79 Å². The highest BCUT2D eigenvalue weighted by Crippen LogP contribution is 2.34. The number of hydrogen-bond acceptors (Lipinski definition) is 21. The summed E-state index contributed by atoms with van der Waals surface area (Å²) >= 11 is 1.11. The molecule has 0 spiro atoms. The molecule has 0 saturated carbocycles. The fraction of sp³-hybridized carbons (Fsp3) is 0.552. The van der Waals surface area contributed by atoms with Gasteiger partial charge in [0.2, 0.25) is 23.6 Å². The molecule has 0 aliphatic carbocycles. The van der Waals surface area contributed by atoms with Gasteiger partial charge in [0.05, 0.1) is 76.0 Å². The Balaban J connectivity index is 0.821. The minimum absolute atomic E-state index is 0.00480. The van der Waals surface area contributed by atoms with Gasteiger partial charge in [0.15, 0.2) is 11.9 Å². The van der Waals surface area contributed by atoms with Crippen molar-refractivity contribution < 1.29 is 91.1 Å². The summed E-state index contributed by atoms with van der Waals surface area (Å²) in [6, 6.07) is 24.7. The smallest absolute Gasteiger partial charge is 0.411 e. The molecule has 1 fully saturated rings. The maximum Gasteiger partial charge on any atom is 0.411 e. The Morgan fingerprint density at radius 3 is 2.03 bits per heavy atom. The Hall–Kier alpha value is -10.7. The number of likely N-dealkylation sites (tertiary alicyclic amines) is 1. The summed E-state index contributed by atoms with van der Waals surface area (Å²) in [5, 5.41) is 26.4. The number of carbonyl (C=O) groups is 12. The number of primary amides is 1. The Morgan fingerprint density at radius 1 is 0.730 bits per heavy atom. The topological polar surface area (TPSA) is 389 Å². The average Bonchev–Trinajstić information content (AvgIpc) is 0.893. The van der Waals surface area contributed by atoms with E-state index in [0.717, 1.165) is 53.1 Å². The van der Waals surface area contributed by atoms with Gasteiger partial charge in [-0.05, 0) is 156 Å². The van der Waals surface area contributed by atoms with E-state index in [1.165, 1.54) is 6.92 Å². The average molecular weight is 1760 g/mol. The molecule has 2 aliphatic rings. The Bertz CT molecular complexity index is 4510. The highest BCUT2D eigenvalue weighted by molar-refractivity contribution is 7.09. The minimum Gasteiger partial charge on any atom is -0.481 e. The number of ether oxygens (including phenoxy) is 6. The van der Waals surface area contributed by atoms with Crippen molar-refractivity contribution in [1.29, 1.82) is 0 Å². The van der Waals surface area contributed by atoms with E-state index < -0.39 is 77.5 Å². The van der Waals surface area contributed by atoms with Gasteiger partial charge in [-0.2, -0.15) is 0 Å². The number of nitrogens with zero attached hydrogens (tertiary/aromatic N) is 4. The number of Topliss-reactive ketones (excluding diaryl/α,β-unsaturated/α-hetero) is 3. The molecule has 4 aromatic carbocycles. The number of aromatic nitrogens is 1. The van der Waals surface area contributed by atoms with Crippen LogP contribution in [0.1, 0.15) is 226 Å². The van der Waals surface area contributed by atoms with Crippen molar-refractivity contribution in [3.63, 3.8) is 0 Å². The van der Waals surface area contributed by atoms with Crippen molar-refractivity contribution in [2.24, 2.45) is 34.8 Å². The third kappa shape index (κ3) is 34.9. The number of piperidine rings is 1. The summed E-state index contributed by atoms with van der Waals surface area (Å²) in [6.45, 7) is 19.7. The van der Waals surface area contributed by atoms with Gasteiger partial charge in [-0.15, -0.1) is 23.7 Å². The van der Waals surface area contributed by atoms with Crippen molar-refractivity contribution in [1.82, 2.24) is 36.1 Å². The molecule has 0 radical (unpaired) electrons. The number of anilines is 2. The van der Waals surface area contributed by atoms with E-state index in [1.807, 2.05) is 102 Å². The number of thiazole rings is 1. The third-order valence-corrected chi connectivity index (χ3v) is 23.6. The molecule has 8 N–H and O–H groups in total. The number of terminal acetylenes is 1. The van der Waals surface area contributed by atoms with Gasteiger partial charge in [0.1, 0.15) is 34.9 Å². The number of amides is 8. The second kappa shape index (κ2) is 53.7. The molecule has 2 aliphatic heterocycles. The molecule has 0 unspecified atom stereocenters. The molecule has 1 saturated heterocycles. The van der Waals surface area contributed by atoms with Gasteiger partial charge < -0.3 is 70.3 Å². The lowest BCUT2D eigenvalue weighted by molar-refractivity contribution is -0.150. The number of nitrogens with one attached hydrogen (secondary N) is 5. The Kier molecular flexibility index (Phi) is 43.6. The number of fused-ring (bicyclic) bond motifs is 2. The molecule has 1 aromatic heterocycles. The number of unbranched alkanes of at least 4 members (excludes halogenated alkanes) is 2. The molecule has 3 heterocycles. The molecular formula is C96H130N10O19S. The summed E-state index contributed by atoms with van der Waals surface area (Å²) in [7, 11) is 1.92. The van der Waals surface area contributed by atoms with Crippen LogP contribution in [0.2, 0.25) is 0 Å². The van der Waals surface area contributed by atoms with E-state index in [4.69, 9.17) is 45.6 Å². The number of para-hydroxylation sites is 1. The molecule has 684 valence electrons. The first kappa shape index (κ1) is 102. The lowest BCUT2D eigenvalue weighted by Gasteiger charge is -2.40. The summed E-state index contributed by atoms with van der Waals surface area (Å²) in [4.78, 5) is 171. The van der Waals surface area contributed by atoms with Crippen LogP contribution >= 0.6 is 11.3 Å². The third-order valence-electron chi connectivity index (χ3n) is 22.6. The molecule has 30 heteroatoms. The zero-order chi connectivity index (χ0) is 91.7. The second-order valence-corrected chi connectivity index (χ2v) is 34.6. The first-order valence-corrected chi connectivity index (χ1v) is 44.9. The Morgan fingerprint density at radius 2 is 1.38 bits per heavy atom. The number of hydrogen-bond donors (Lipinski definition) is 7. The first-order valence-electron chi connectivity index (χ1n) is 44.1. The van der Waals surface area contributed by atoms with E-state index in [-0.39, 0.29) is 155 Å². The molecule has 126 heavy (non-hydrogen) atoms. The molecule has 7 rings (SSSR count). The normalized spacial score (nSPS) is 14.8. The van der Waals surface area contributed by atoms with Gasteiger partial charge in [-0.3, -0.25) is 58.2 Å². The number of nitrogens with two attached hydrogens (primary N) is 1. The molecule has 29 nitrogen and oxygen atoms in total. The van der Waals surface area contributed by atoms with Crippen LogP contribution in [0.3, 0.4) is 0 Å². The van der Waals surface area contributed by atoms with Crippen molar-refractivity contribution >= 4 is 93.7 Å². The zero-order valence-electron chi connectivity index (χ0n) is 74.9. The van der Waals surface area contributed by atoms with Crippen LogP contribution in [-0.4, -0.2) is 201 Å². The number of carbonyl (C=O) groups excluding carboxylic acids is 11. The zero-order valence-corrected chi connectivity index (χ0v) is 75.7. The second-order valence-electron chi connectivity index (χ2n) is 33.7. The van der Waals surface area contributed by atoms with E-state index in [0.29, 0.717) is 125 Å². The van der Waals surface area contributed by atoms with Gasteiger partial charge in [-0.25, -0.2) is 14.6 Å². The van der Waals surface area contributed by atoms with Crippen LogP contribution < -0.4 is 37.2 Å². The van der Waals surface area contributed by atoms with Crippen LogP contribution in [0.15, 0.2) is 102 Å². The van der Waals surface area contributed by atoms with Gasteiger partial charge in [0, 0.05) is 118 Å². The summed E-state index contributed by atoms with van der Waals surface area (Å²) in [6.07, 6.45) is 10.6. The highest BCUT2D eigenvalue weighted by Gasteiger charge is 2.40. The monoisotopic (exact) mass is 1760 g/mol. The van der Waals surface area contributed by atoms with Crippen molar-refractivity contribution in [3.05, 3.63) is 147 Å². The predicted molar refractivity (Wildman–Crippen MR) is 480 cm³/mol. The number of likely N-dealkylation sites (N-methyl/N-ethyl adjacent to an activating group) is 1. The summed E-state index contributed by atoms with van der Waals surface area (Å²) in [5.74, 6) is 3.84. The highest BCUT2D eigenvalue weighted by atomic mass is 32.1. The largest absolute Gasteiger partial charge is 0.481 e. The van der Waals surface area contributed by atoms with Crippen LogP contribution in [0.25, 0.3) is 0 Å². The molecule has 8 atom stereocenters. The number of aliphatic carboxylic acids is 1. The Labute approximate surface area is 745 Å². The maximum absolute atomic E-state index is 15.1. The number of benzene rings is 4.